The summed E-state index contributed by atoms with van der Waals surface area (Å²) >= 11 is 12.3. The molecule has 1 N–H and O–H groups in total. The Morgan fingerprint density at radius 1 is 1.17 bits per heavy atom. The normalized spacial score (nSPS) is 11.5. The largest absolute Gasteiger partial charge is 0.494 e. The Morgan fingerprint density at radius 3 is 2.23 bits per heavy atom. The van der Waals surface area contributed by atoms with Crippen LogP contribution in [0.4, 0.5) is 0 Å². The van der Waals surface area contributed by atoms with Gasteiger partial charge in [0, 0.05) is 18.5 Å². The highest BCUT2D eigenvalue weighted by atomic mass is 35.5. The number of fused-ring (bicyclic) bond motifs is 1. The Labute approximate surface area is 193 Å². The molecule has 1 aromatic carbocycles. The van der Waals surface area contributed by atoms with E-state index < -0.39 is 0 Å². The molecule has 0 fully saturated rings. The molecule has 0 atom stereocenters. The van der Waals surface area contributed by atoms with Crippen LogP contribution < -0.4 is 15.6 Å². The second-order valence-electron chi connectivity index (χ2n) is 8.56. The van der Waals surface area contributed by atoms with Gasteiger partial charge in [-0.05, 0) is 44.6 Å². The Hall–Kier alpha value is -1.47. The van der Waals surface area contributed by atoms with E-state index in [9.17, 15) is 9.59 Å². The van der Waals surface area contributed by atoms with Crippen LogP contribution in [0.1, 0.15) is 37.7 Å². The molecule has 1 aromatic heterocycles. The Balaban J connectivity index is 0.00000450. The van der Waals surface area contributed by atoms with Gasteiger partial charge < -0.3 is 15.0 Å². The zero-order valence-corrected chi connectivity index (χ0v) is 20.6. The van der Waals surface area contributed by atoms with Crippen molar-refractivity contribution < 1.29 is 9.53 Å². The van der Waals surface area contributed by atoms with E-state index in [4.69, 9.17) is 27.9 Å². The summed E-state index contributed by atoms with van der Waals surface area (Å²) in [7, 11) is 5.43. The van der Waals surface area contributed by atoms with Gasteiger partial charge in [-0.15, -0.1) is 12.4 Å². The summed E-state index contributed by atoms with van der Waals surface area (Å²) in [6.07, 6.45) is 0.791. The maximum atomic E-state index is 13.3. The van der Waals surface area contributed by atoms with Gasteiger partial charge in [0.2, 0.25) is 0 Å². The average molecular weight is 479 g/mol. The fourth-order valence-electron chi connectivity index (χ4n) is 3.15. The summed E-state index contributed by atoms with van der Waals surface area (Å²) in [6, 6.07) is 3.10. The molecule has 0 bridgehead atoms. The van der Waals surface area contributed by atoms with Crippen molar-refractivity contribution >= 4 is 52.3 Å². The van der Waals surface area contributed by atoms with E-state index >= 15 is 0 Å². The monoisotopic (exact) mass is 477 g/mol. The summed E-state index contributed by atoms with van der Waals surface area (Å²) in [5, 5.41) is 4.32. The molecule has 1 amide bonds. The molecular formula is C21H30Cl3N3O3. The third kappa shape index (κ3) is 6.27. The predicted molar refractivity (Wildman–Crippen MR) is 127 cm³/mol. The second kappa shape index (κ2) is 10.7. The second-order valence-corrected chi connectivity index (χ2v) is 9.37. The van der Waals surface area contributed by atoms with E-state index in [-0.39, 0.29) is 40.0 Å². The first kappa shape index (κ1) is 26.6. The first-order chi connectivity index (χ1) is 13.5. The molecule has 0 radical (unpaired) electrons. The van der Waals surface area contributed by atoms with Gasteiger partial charge in [-0.2, -0.15) is 0 Å². The number of hydrogen-bond donors (Lipinski definition) is 1. The van der Waals surface area contributed by atoms with Gasteiger partial charge in [-0.25, -0.2) is 0 Å². The summed E-state index contributed by atoms with van der Waals surface area (Å²) in [5.74, 6) is -0.0394. The lowest BCUT2D eigenvalue weighted by Gasteiger charge is -2.24. The quantitative estimate of drug-likeness (QED) is 0.597. The molecule has 0 aliphatic carbocycles. The highest BCUT2D eigenvalue weighted by molar-refractivity contribution is 6.42. The number of aromatic nitrogens is 1. The van der Waals surface area contributed by atoms with Gasteiger partial charge in [0.25, 0.3) is 11.5 Å². The minimum atomic E-state index is -0.352. The Kier molecular flexibility index (Phi) is 9.49. The van der Waals surface area contributed by atoms with Crippen molar-refractivity contribution in [2.45, 2.75) is 33.7 Å². The van der Waals surface area contributed by atoms with Crippen LogP contribution >= 0.6 is 35.6 Å². The number of benzene rings is 1. The number of hydrogen-bond acceptors (Lipinski definition) is 4. The lowest BCUT2D eigenvalue weighted by molar-refractivity contribution is 0.0935. The van der Waals surface area contributed by atoms with Crippen molar-refractivity contribution in [2.24, 2.45) is 5.41 Å². The maximum absolute atomic E-state index is 13.3. The standard InChI is InChI=1S/C21H29Cl2N3O3.ClH/c1-21(2,3)12-26-17(19(27)24-8-7-9-25(4)5)18(29-6)13-10-15(22)16(23)11-14(13)20(26)28;/h10-11H,7-9,12H2,1-6H3,(H,24,27);1H. The van der Waals surface area contributed by atoms with Gasteiger partial charge >= 0.3 is 0 Å². The number of pyridine rings is 1. The molecule has 2 rings (SSSR count). The Bertz CT molecular complexity index is 966. The van der Waals surface area contributed by atoms with E-state index in [0.717, 1.165) is 13.0 Å². The van der Waals surface area contributed by atoms with Crippen LogP contribution in [-0.2, 0) is 6.54 Å². The number of nitrogens with one attached hydrogen (secondary N) is 1. The number of methoxy groups -OCH3 is 1. The van der Waals surface area contributed by atoms with Crippen molar-refractivity contribution in [3.8, 4) is 5.75 Å². The molecule has 6 nitrogen and oxygen atoms in total. The summed E-state index contributed by atoms with van der Waals surface area (Å²) in [5.41, 5.74) is -0.338. The van der Waals surface area contributed by atoms with E-state index in [0.29, 0.717) is 34.6 Å². The van der Waals surface area contributed by atoms with Gasteiger partial charge in [-0.3, -0.25) is 14.2 Å². The molecule has 0 unspecified atom stereocenters. The van der Waals surface area contributed by atoms with Crippen molar-refractivity contribution in [2.75, 3.05) is 34.3 Å². The van der Waals surface area contributed by atoms with Crippen LogP contribution in [0.15, 0.2) is 16.9 Å². The van der Waals surface area contributed by atoms with E-state index in [1.165, 1.54) is 17.7 Å². The van der Waals surface area contributed by atoms with E-state index in [1.54, 1.807) is 6.07 Å². The predicted octanol–water partition coefficient (Wildman–Crippen LogP) is 4.47. The van der Waals surface area contributed by atoms with E-state index in [2.05, 4.69) is 5.32 Å². The van der Waals surface area contributed by atoms with Crippen LogP contribution in [0.2, 0.25) is 10.0 Å². The van der Waals surface area contributed by atoms with Crippen LogP contribution in [0, 0.1) is 5.41 Å². The number of carbonyl (C=O) groups excluding carboxylic acids is 1. The molecule has 0 saturated heterocycles. The molecular weight excluding hydrogens is 449 g/mol. The Morgan fingerprint density at radius 2 is 1.73 bits per heavy atom. The van der Waals surface area contributed by atoms with Crippen LogP contribution in [-0.4, -0.2) is 49.7 Å². The molecule has 0 spiro atoms. The zero-order chi connectivity index (χ0) is 21.9. The molecule has 2 aromatic rings. The van der Waals surface area contributed by atoms with Gasteiger partial charge in [-0.1, -0.05) is 44.0 Å². The molecule has 30 heavy (non-hydrogen) atoms. The first-order valence-corrected chi connectivity index (χ1v) is 10.2. The van der Waals surface area contributed by atoms with Crippen molar-refractivity contribution in [1.82, 2.24) is 14.8 Å². The molecule has 0 saturated carbocycles. The average Bonchev–Trinajstić information content (AvgIpc) is 2.61. The van der Waals surface area contributed by atoms with Crippen LogP contribution in [0.3, 0.4) is 0 Å². The topological polar surface area (TPSA) is 63.6 Å². The maximum Gasteiger partial charge on any atom is 0.271 e. The molecule has 0 aliphatic rings. The fourth-order valence-corrected chi connectivity index (χ4v) is 3.47. The van der Waals surface area contributed by atoms with Gasteiger partial charge in [0.15, 0.2) is 11.4 Å². The number of rotatable bonds is 7. The molecule has 0 aliphatic heterocycles. The minimum absolute atomic E-state index is 0. The summed E-state index contributed by atoms with van der Waals surface area (Å²) < 4.78 is 7.08. The first-order valence-electron chi connectivity index (χ1n) is 9.48. The highest BCUT2D eigenvalue weighted by Gasteiger charge is 2.26. The number of amides is 1. The number of ether oxygens (including phenoxy) is 1. The molecule has 1 heterocycles. The van der Waals surface area contributed by atoms with Crippen molar-refractivity contribution in [1.29, 1.82) is 0 Å². The van der Waals surface area contributed by atoms with Crippen molar-refractivity contribution in [3.05, 3.63) is 38.2 Å². The third-order valence-corrected chi connectivity index (χ3v) is 5.11. The van der Waals surface area contributed by atoms with Gasteiger partial charge in [0.1, 0.15) is 0 Å². The third-order valence-electron chi connectivity index (χ3n) is 4.38. The summed E-state index contributed by atoms with van der Waals surface area (Å²) in [4.78, 5) is 28.4. The lowest BCUT2D eigenvalue weighted by Crippen LogP contribution is -2.36. The SMILES string of the molecule is COc1c(C(=O)NCCCN(C)C)n(CC(C)(C)C)c(=O)c2cc(Cl)c(Cl)cc12.Cl. The zero-order valence-electron chi connectivity index (χ0n) is 18.3. The lowest BCUT2D eigenvalue weighted by atomic mass is 9.96. The van der Waals surface area contributed by atoms with Crippen molar-refractivity contribution in [3.63, 3.8) is 0 Å². The van der Waals surface area contributed by atoms with Crippen LogP contribution in [0.25, 0.3) is 10.8 Å². The smallest absolute Gasteiger partial charge is 0.271 e. The molecule has 168 valence electrons. The van der Waals surface area contributed by atoms with E-state index in [1.807, 2.05) is 39.8 Å². The number of carbonyl (C=O) groups is 1. The molecule has 9 heteroatoms. The minimum Gasteiger partial charge on any atom is -0.494 e. The summed E-state index contributed by atoms with van der Waals surface area (Å²) in [6.45, 7) is 7.69. The number of halogens is 3. The highest BCUT2D eigenvalue weighted by Crippen LogP contribution is 2.34. The number of nitrogens with zero attached hydrogens (tertiary/aromatic N) is 2. The van der Waals surface area contributed by atoms with Gasteiger partial charge in [0.05, 0.1) is 22.5 Å². The fraction of sp³-hybridized carbons (Fsp3) is 0.524. The van der Waals surface area contributed by atoms with Crippen LogP contribution in [0.5, 0.6) is 5.75 Å².